The van der Waals surface area contributed by atoms with Gasteiger partial charge in [0, 0.05) is 34.2 Å². The van der Waals surface area contributed by atoms with Crippen LogP contribution in [0.15, 0.2) is 41.8 Å². The number of benzene rings is 1. The van der Waals surface area contributed by atoms with Crippen molar-refractivity contribution < 1.29 is 9.59 Å². The Morgan fingerprint density at radius 3 is 2.59 bits per heavy atom. The maximum atomic E-state index is 12.1. The molecule has 1 aromatic carbocycles. The third kappa shape index (κ3) is 6.07. The number of nitrogens with zero attached hydrogens (tertiary/aromatic N) is 1. The highest BCUT2D eigenvalue weighted by Gasteiger charge is 2.09. The Kier molecular flexibility index (Phi) is 6.89. The molecule has 0 bridgehead atoms. The van der Waals surface area contributed by atoms with Crippen molar-refractivity contribution >= 4 is 68.7 Å². The predicted molar refractivity (Wildman–Crippen MR) is 116 cm³/mol. The summed E-state index contributed by atoms with van der Waals surface area (Å²) in [6.45, 7) is 1.47. The van der Waals surface area contributed by atoms with E-state index in [-0.39, 0.29) is 11.8 Å². The van der Waals surface area contributed by atoms with Crippen molar-refractivity contribution in [3.05, 3.63) is 51.0 Å². The van der Waals surface area contributed by atoms with Crippen molar-refractivity contribution in [3.8, 4) is 11.3 Å². The Morgan fingerprint density at radius 2 is 1.93 bits per heavy atom. The smallest absolute Gasteiger partial charge is 0.236 e. The molecular weight excluding hydrogens is 422 g/mol. The van der Waals surface area contributed by atoms with Gasteiger partial charge in [0.1, 0.15) is 0 Å². The van der Waals surface area contributed by atoms with Gasteiger partial charge in [0.2, 0.25) is 11.8 Å². The Balaban J connectivity index is 1.51. The fourth-order valence-electron chi connectivity index (χ4n) is 2.22. The van der Waals surface area contributed by atoms with Gasteiger partial charge in [-0.05, 0) is 24.3 Å². The van der Waals surface area contributed by atoms with E-state index in [0.717, 1.165) is 31.9 Å². The second kappa shape index (κ2) is 9.36. The van der Waals surface area contributed by atoms with Crippen molar-refractivity contribution in [3.63, 3.8) is 0 Å². The van der Waals surface area contributed by atoms with Crippen LogP contribution in [0.4, 0.5) is 10.8 Å². The number of hydrogen-bond donors (Lipinski definition) is 2. The topological polar surface area (TPSA) is 71.1 Å². The molecule has 3 aromatic rings. The van der Waals surface area contributed by atoms with E-state index in [0.29, 0.717) is 10.9 Å². The van der Waals surface area contributed by atoms with E-state index in [2.05, 4.69) is 15.6 Å². The second-order valence-corrected chi connectivity index (χ2v) is 9.19. The third-order valence-corrected chi connectivity index (χ3v) is 6.51. The van der Waals surface area contributed by atoms with E-state index in [1.54, 1.807) is 0 Å². The zero-order valence-corrected chi connectivity index (χ0v) is 17.5. The minimum atomic E-state index is -0.110. The molecule has 2 amide bonds. The molecule has 5 nitrogen and oxygen atoms in total. The highest BCUT2D eigenvalue weighted by atomic mass is 35.5. The normalized spacial score (nSPS) is 10.6. The zero-order chi connectivity index (χ0) is 19.2. The van der Waals surface area contributed by atoms with Crippen LogP contribution in [0.1, 0.15) is 11.8 Å². The van der Waals surface area contributed by atoms with Crippen molar-refractivity contribution in [2.24, 2.45) is 0 Å². The van der Waals surface area contributed by atoms with Gasteiger partial charge in [-0.15, -0.1) is 34.4 Å². The Hall–Kier alpha value is -1.87. The minimum Gasteiger partial charge on any atom is -0.326 e. The molecular formula is C18H16ClN3O2S3. The van der Waals surface area contributed by atoms with Crippen LogP contribution >= 0.6 is 46.0 Å². The Labute approximate surface area is 174 Å². The zero-order valence-electron chi connectivity index (χ0n) is 14.3. The van der Waals surface area contributed by atoms with Crippen molar-refractivity contribution in [2.45, 2.75) is 12.7 Å². The van der Waals surface area contributed by atoms with Gasteiger partial charge in [0.25, 0.3) is 0 Å². The molecule has 0 aliphatic carbocycles. The van der Waals surface area contributed by atoms with Gasteiger partial charge in [0.15, 0.2) is 5.13 Å². The van der Waals surface area contributed by atoms with Gasteiger partial charge in [-0.3, -0.25) is 9.59 Å². The standard InChI is InChI=1S/C18H16ClN3O2S3/c1-11(23)20-13-4-2-12(3-5-13)15-9-26-18(21-15)22-17(24)10-25-8-14-6-7-16(19)27-14/h2-7,9H,8,10H2,1H3,(H,20,23)(H,21,22,24). The lowest BCUT2D eigenvalue weighted by Crippen LogP contribution is -2.13. The third-order valence-electron chi connectivity index (χ3n) is 3.36. The largest absolute Gasteiger partial charge is 0.326 e. The van der Waals surface area contributed by atoms with Crippen LogP contribution in [0, 0.1) is 0 Å². The summed E-state index contributed by atoms with van der Waals surface area (Å²) in [5, 5.41) is 8.02. The number of carbonyl (C=O) groups excluding carboxylic acids is 2. The highest BCUT2D eigenvalue weighted by Crippen LogP contribution is 2.27. The van der Waals surface area contributed by atoms with E-state index < -0.39 is 0 Å². The molecule has 0 spiro atoms. The molecule has 0 atom stereocenters. The molecule has 0 saturated heterocycles. The monoisotopic (exact) mass is 437 g/mol. The molecule has 0 radical (unpaired) electrons. The SMILES string of the molecule is CC(=O)Nc1ccc(-c2csc(NC(=O)CSCc3ccc(Cl)s3)n2)cc1. The summed E-state index contributed by atoms with van der Waals surface area (Å²) >= 11 is 10.3. The molecule has 0 fully saturated rings. The van der Waals surface area contributed by atoms with Gasteiger partial charge in [-0.25, -0.2) is 4.98 Å². The maximum Gasteiger partial charge on any atom is 0.236 e. The minimum absolute atomic E-state index is 0.0791. The summed E-state index contributed by atoms with van der Waals surface area (Å²) in [4.78, 5) is 28.7. The summed E-state index contributed by atoms with van der Waals surface area (Å²) in [6.07, 6.45) is 0. The first-order valence-corrected chi connectivity index (χ1v) is 11.2. The summed E-state index contributed by atoms with van der Waals surface area (Å²) in [7, 11) is 0. The average Bonchev–Trinajstić information content (AvgIpc) is 3.24. The number of carbonyl (C=O) groups is 2. The van der Waals surface area contributed by atoms with Gasteiger partial charge in [0.05, 0.1) is 15.8 Å². The molecule has 2 heterocycles. The number of anilines is 2. The van der Waals surface area contributed by atoms with E-state index >= 15 is 0 Å². The van der Waals surface area contributed by atoms with E-state index in [1.165, 1.54) is 41.4 Å². The first kappa shape index (κ1) is 19.9. The molecule has 27 heavy (non-hydrogen) atoms. The number of thiazole rings is 1. The fourth-order valence-corrected chi connectivity index (χ4v) is 4.98. The Bertz CT molecular complexity index is 937. The Morgan fingerprint density at radius 1 is 1.15 bits per heavy atom. The van der Waals surface area contributed by atoms with Gasteiger partial charge >= 0.3 is 0 Å². The van der Waals surface area contributed by atoms with Crippen LogP contribution in [0.25, 0.3) is 11.3 Å². The predicted octanol–water partition coefficient (Wildman–Crippen LogP) is 5.36. The number of thiophene rings is 1. The van der Waals surface area contributed by atoms with Crippen LogP contribution in [-0.2, 0) is 15.3 Å². The fraction of sp³-hybridized carbons (Fsp3) is 0.167. The maximum absolute atomic E-state index is 12.1. The summed E-state index contributed by atoms with van der Waals surface area (Å²) < 4.78 is 0.760. The van der Waals surface area contributed by atoms with Crippen molar-refractivity contribution in [2.75, 3.05) is 16.4 Å². The van der Waals surface area contributed by atoms with E-state index in [4.69, 9.17) is 11.6 Å². The lowest BCUT2D eigenvalue weighted by molar-refractivity contribution is -0.114. The lowest BCUT2D eigenvalue weighted by Gasteiger charge is -2.03. The van der Waals surface area contributed by atoms with E-state index in [9.17, 15) is 9.59 Å². The van der Waals surface area contributed by atoms with Gasteiger partial charge in [-0.2, -0.15) is 0 Å². The van der Waals surface area contributed by atoms with Crippen LogP contribution in [0.3, 0.4) is 0 Å². The first-order valence-electron chi connectivity index (χ1n) is 7.95. The van der Waals surface area contributed by atoms with Crippen molar-refractivity contribution in [1.29, 1.82) is 0 Å². The van der Waals surface area contributed by atoms with Crippen molar-refractivity contribution in [1.82, 2.24) is 4.98 Å². The average molecular weight is 438 g/mol. The summed E-state index contributed by atoms with van der Waals surface area (Å²) in [5.74, 6) is 0.927. The highest BCUT2D eigenvalue weighted by molar-refractivity contribution is 7.99. The molecule has 0 saturated carbocycles. The quantitative estimate of drug-likeness (QED) is 0.522. The van der Waals surface area contributed by atoms with Crippen LogP contribution in [0.5, 0.6) is 0 Å². The number of nitrogens with one attached hydrogen (secondary N) is 2. The van der Waals surface area contributed by atoms with Gasteiger partial charge in [-0.1, -0.05) is 23.7 Å². The number of amides is 2. The molecule has 140 valence electrons. The number of hydrogen-bond acceptors (Lipinski definition) is 6. The molecule has 0 aliphatic rings. The van der Waals surface area contributed by atoms with Gasteiger partial charge < -0.3 is 10.6 Å². The lowest BCUT2D eigenvalue weighted by atomic mass is 10.1. The molecule has 3 rings (SSSR count). The molecule has 0 aliphatic heterocycles. The van der Waals surface area contributed by atoms with Crippen LogP contribution in [-0.4, -0.2) is 22.6 Å². The number of aromatic nitrogens is 1. The van der Waals surface area contributed by atoms with E-state index in [1.807, 2.05) is 41.8 Å². The molecule has 9 heteroatoms. The molecule has 2 N–H and O–H groups in total. The molecule has 0 unspecified atom stereocenters. The number of thioether (sulfide) groups is 1. The van der Waals surface area contributed by atoms with Crippen LogP contribution in [0.2, 0.25) is 4.34 Å². The molecule has 2 aromatic heterocycles. The van der Waals surface area contributed by atoms with Crippen LogP contribution < -0.4 is 10.6 Å². The summed E-state index contributed by atoms with van der Waals surface area (Å²) in [5.41, 5.74) is 2.44. The summed E-state index contributed by atoms with van der Waals surface area (Å²) in [6, 6.07) is 11.2. The number of rotatable bonds is 7. The second-order valence-electron chi connectivity index (χ2n) is 5.54. The number of halogens is 1. The first-order chi connectivity index (χ1) is 13.0.